The lowest BCUT2D eigenvalue weighted by Crippen LogP contribution is -2.34. The van der Waals surface area contributed by atoms with Crippen LogP contribution in [0.3, 0.4) is 0 Å². The van der Waals surface area contributed by atoms with Crippen LogP contribution in [0.15, 0.2) is 18.2 Å². The van der Waals surface area contributed by atoms with Crippen molar-refractivity contribution in [1.29, 1.82) is 0 Å². The molecular weight excluding hydrogens is 210 g/mol. The van der Waals surface area contributed by atoms with Crippen LogP contribution in [0.5, 0.6) is 5.75 Å². The predicted molar refractivity (Wildman–Crippen MR) is 72.9 cm³/mol. The van der Waals surface area contributed by atoms with E-state index in [1.54, 1.807) is 7.11 Å². The molecule has 0 aromatic heterocycles. The third-order valence-electron chi connectivity index (χ3n) is 4.16. The summed E-state index contributed by atoms with van der Waals surface area (Å²) in [6.07, 6.45) is 2.45. The summed E-state index contributed by atoms with van der Waals surface area (Å²) in [5.41, 5.74) is 3.00. The highest BCUT2D eigenvalue weighted by Crippen LogP contribution is 2.46. The molecule has 1 aliphatic heterocycles. The Labute approximate surface area is 104 Å². The van der Waals surface area contributed by atoms with Crippen molar-refractivity contribution in [3.8, 4) is 5.75 Å². The maximum atomic E-state index is 5.36. The molecule has 0 fully saturated rings. The van der Waals surface area contributed by atoms with Crippen molar-refractivity contribution < 1.29 is 4.74 Å². The van der Waals surface area contributed by atoms with Crippen LogP contribution < -0.4 is 10.1 Å². The molecule has 1 heterocycles. The normalized spacial score (nSPS) is 22.4. The molecule has 0 saturated heterocycles. The van der Waals surface area contributed by atoms with Crippen LogP contribution in [0.4, 0.5) is 5.69 Å². The fourth-order valence-electron chi connectivity index (χ4n) is 3.04. The van der Waals surface area contributed by atoms with Gasteiger partial charge in [0.25, 0.3) is 0 Å². The van der Waals surface area contributed by atoms with Gasteiger partial charge in [0.2, 0.25) is 0 Å². The molecule has 94 valence electrons. The quantitative estimate of drug-likeness (QED) is 0.853. The summed E-state index contributed by atoms with van der Waals surface area (Å²) in [6, 6.07) is 6.40. The van der Waals surface area contributed by atoms with Gasteiger partial charge in [0, 0.05) is 17.6 Å². The van der Waals surface area contributed by atoms with E-state index in [0.717, 1.165) is 12.3 Å². The van der Waals surface area contributed by atoms with Crippen molar-refractivity contribution in [2.45, 2.75) is 39.0 Å². The molecule has 0 amide bonds. The summed E-state index contributed by atoms with van der Waals surface area (Å²) in [5, 5.41) is 3.55. The highest BCUT2D eigenvalue weighted by molar-refractivity contribution is 5.62. The van der Waals surface area contributed by atoms with Crippen LogP contribution >= 0.6 is 0 Å². The summed E-state index contributed by atoms with van der Waals surface area (Å²) in [7, 11) is 1.74. The van der Waals surface area contributed by atoms with E-state index in [4.69, 9.17) is 4.74 Å². The fraction of sp³-hybridized carbons (Fsp3) is 0.600. The van der Waals surface area contributed by atoms with Crippen molar-refractivity contribution in [3.05, 3.63) is 23.8 Å². The predicted octanol–water partition coefficient (Wildman–Crippen LogP) is 3.81. The lowest BCUT2D eigenvalue weighted by atomic mass is 9.70. The van der Waals surface area contributed by atoms with E-state index in [1.165, 1.54) is 24.1 Å². The highest BCUT2D eigenvalue weighted by Gasteiger charge is 2.40. The number of methoxy groups -OCH3 is 1. The van der Waals surface area contributed by atoms with Crippen LogP contribution in [0, 0.1) is 5.92 Å². The summed E-state index contributed by atoms with van der Waals surface area (Å²) >= 11 is 0. The molecule has 2 nitrogen and oxygen atoms in total. The van der Waals surface area contributed by atoms with Crippen LogP contribution in [0.2, 0.25) is 0 Å². The maximum absolute atomic E-state index is 5.36. The lowest BCUT2D eigenvalue weighted by molar-refractivity contribution is 0.309. The molecule has 1 atom stereocenters. The molecule has 0 bridgehead atoms. The van der Waals surface area contributed by atoms with Gasteiger partial charge >= 0.3 is 0 Å². The Hall–Kier alpha value is -1.18. The second-order valence-electron chi connectivity index (χ2n) is 5.33. The van der Waals surface area contributed by atoms with Crippen LogP contribution in [-0.2, 0) is 5.41 Å². The topological polar surface area (TPSA) is 21.3 Å². The molecule has 1 N–H and O–H groups in total. The lowest BCUT2D eigenvalue weighted by Gasteiger charge is -2.33. The van der Waals surface area contributed by atoms with Gasteiger partial charge in [-0.25, -0.2) is 0 Å². The Morgan fingerprint density at radius 2 is 2.18 bits per heavy atom. The molecule has 2 heteroatoms. The molecule has 1 unspecified atom stereocenters. The zero-order chi connectivity index (χ0) is 12.5. The largest absolute Gasteiger partial charge is 0.497 e. The van der Waals surface area contributed by atoms with Gasteiger partial charge in [-0.1, -0.05) is 27.2 Å². The molecule has 1 aromatic carbocycles. The van der Waals surface area contributed by atoms with Gasteiger partial charge in [0.05, 0.1) is 7.11 Å². The Balaban J connectivity index is 2.47. The van der Waals surface area contributed by atoms with Gasteiger partial charge in [0.1, 0.15) is 5.75 Å². The van der Waals surface area contributed by atoms with Gasteiger partial charge in [0.15, 0.2) is 0 Å². The van der Waals surface area contributed by atoms with Gasteiger partial charge in [-0.05, 0) is 36.1 Å². The first kappa shape index (κ1) is 12.3. The van der Waals surface area contributed by atoms with Crippen molar-refractivity contribution in [2.75, 3.05) is 19.0 Å². The van der Waals surface area contributed by atoms with E-state index < -0.39 is 0 Å². The fourth-order valence-corrected chi connectivity index (χ4v) is 3.04. The van der Waals surface area contributed by atoms with E-state index in [1.807, 2.05) is 6.07 Å². The number of hydrogen-bond acceptors (Lipinski definition) is 2. The molecule has 2 rings (SSSR count). The van der Waals surface area contributed by atoms with E-state index >= 15 is 0 Å². The van der Waals surface area contributed by atoms with E-state index in [0.29, 0.717) is 5.92 Å². The standard InChI is InChI=1S/C15H23NO/c1-5-8-15(11(2)3)10-16-14-7-6-12(17-4)9-13(14)15/h6-7,9,11,16H,5,8,10H2,1-4H3. The molecule has 17 heavy (non-hydrogen) atoms. The van der Waals surface area contributed by atoms with Gasteiger partial charge in [-0.3, -0.25) is 0 Å². The van der Waals surface area contributed by atoms with Gasteiger partial charge < -0.3 is 10.1 Å². The van der Waals surface area contributed by atoms with Crippen LogP contribution in [0.1, 0.15) is 39.2 Å². The van der Waals surface area contributed by atoms with Crippen LogP contribution in [-0.4, -0.2) is 13.7 Å². The zero-order valence-electron chi connectivity index (χ0n) is 11.3. The first-order chi connectivity index (χ1) is 8.14. The van der Waals surface area contributed by atoms with E-state index in [-0.39, 0.29) is 5.41 Å². The SMILES string of the molecule is CCCC1(C(C)C)CNc2ccc(OC)cc21. The number of rotatable bonds is 4. The number of nitrogens with one attached hydrogen (secondary N) is 1. The summed E-state index contributed by atoms with van der Waals surface area (Å²) < 4.78 is 5.36. The molecule has 0 aliphatic carbocycles. The van der Waals surface area contributed by atoms with Gasteiger partial charge in [-0.2, -0.15) is 0 Å². The molecular formula is C15H23NO. The minimum Gasteiger partial charge on any atom is -0.497 e. The Bertz CT molecular complexity index is 396. The second kappa shape index (κ2) is 4.59. The smallest absolute Gasteiger partial charge is 0.119 e. The third-order valence-corrected chi connectivity index (χ3v) is 4.16. The van der Waals surface area contributed by atoms with Crippen molar-refractivity contribution in [3.63, 3.8) is 0 Å². The molecule has 1 aliphatic rings. The van der Waals surface area contributed by atoms with Gasteiger partial charge in [-0.15, -0.1) is 0 Å². The number of benzene rings is 1. The molecule has 0 spiro atoms. The van der Waals surface area contributed by atoms with E-state index in [2.05, 4.69) is 38.2 Å². The molecule has 0 saturated carbocycles. The average molecular weight is 233 g/mol. The Morgan fingerprint density at radius 3 is 2.76 bits per heavy atom. The number of anilines is 1. The van der Waals surface area contributed by atoms with Crippen molar-refractivity contribution in [2.24, 2.45) is 5.92 Å². The van der Waals surface area contributed by atoms with Crippen LogP contribution in [0.25, 0.3) is 0 Å². The number of fused-ring (bicyclic) bond motifs is 1. The Morgan fingerprint density at radius 1 is 1.41 bits per heavy atom. The average Bonchev–Trinajstić information content (AvgIpc) is 2.69. The summed E-state index contributed by atoms with van der Waals surface area (Å²) in [5.74, 6) is 1.61. The minimum absolute atomic E-state index is 0.276. The number of hydrogen-bond donors (Lipinski definition) is 1. The molecule has 0 radical (unpaired) electrons. The second-order valence-corrected chi connectivity index (χ2v) is 5.33. The molecule has 1 aromatic rings. The van der Waals surface area contributed by atoms with E-state index in [9.17, 15) is 0 Å². The van der Waals surface area contributed by atoms with Crippen molar-refractivity contribution >= 4 is 5.69 Å². The first-order valence-electron chi connectivity index (χ1n) is 6.56. The first-order valence-corrected chi connectivity index (χ1v) is 6.56. The number of ether oxygens (including phenoxy) is 1. The third kappa shape index (κ3) is 1.90. The highest BCUT2D eigenvalue weighted by atomic mass is 16.5. The zero-order valence-corrected chi connectivity index (χ0v) is 11.3. The Kier molecular flexibility index (Phi) is 3.32. The minimum atomic E-state index is 0.276. The summed E-state index contributed by atoms with van der Waals surface area (Å²) in [6.45, 7) is 7.97. The monoisotopic (exact) mass is 233 g/mol. The summed E-state index contributed by atoms with van der Waals surface area (Å²) in [4.78, 5) is 0. The maximum Gasteiger partial charge on any atom is 0.119 e. The van der Waals surface area contributed by atoms with Crippen molar-refractivity contribution in [1.82, 2.24) is 0 Å².